The average Bonchev–Trinajstić information content (AvgIpc) is 2.68. The number of amides is 1. The lowest BCUT2D eigenvalue weighted by Gasteiger charge is -2.04. The smallest absolute Gasteiger partial charge is 0.251 e. The molecule has 0 aliphatic rings. The minimum atomic E-state index is -0.340. The maximum absolute atomic E-state index is 12.7. The highest BCUT2D eigenvalue weighted by molar-refractivity contribution is 7.11. The van der Waals surface area contributed by atoms with Crippen LogP contribution in [0.4, 0.5) is 4.39 Å². The molecular formula is C14H15FN2OS. The molecular weight excluding hydrogens is 263 g/mol. The Balaban J connectivity index is 1.87. The van der Waals surface area contributed by atoms with E-state index in [-0.39, 0.29) is 11.7 Å². The number of aromatic nitrogens is 1. The molecule has 100 valence electrons. The van der Waals surface area contributed by atoms with Gasteiger partial charge in [0.15, 0.2) is 0 Å². The number of benzene rings is 1. The molecule has 1 aromatic carbocycles. The lowest BCUT2D eigenvalue weighted by molar-refractivity contribution is 0.0954. The van der Waals surface area contributed by atoms with Gasteiger partial charge in [-0.25, -0.2) is 9.37 Å². The van der Waals surface area contributed by atoms with Crippen molar-refractivity contribution in [3.8, 4) is 0 Å². The van der Waals surface area contributed by atoms with Crippen LogP contribution in [0.1, 0.15) is 25.9 Å². The maximum atomic E-state index is 12.7. The van der Waals surface area contributed by atoms with Gasteiger partial charge in [-0.2, -0.15) is 0 Å². The van der Waals surface area contributed by atoms with E-state index in [4.69, 9.17) is 0 Å². The summed E-state index contributed by atoms with van der Waals surface area (Å²) in [7, 11) is 0. The Kier molecular flexibility index (Phi) is 4.27. The zero-order valence-corrected chi connectivity index (χ0v) is 11.7. The average molecular weight is 278 g/mol. The van der Waals surface area contributed by atoms with Gasteiger partial charge in [-0.15, -0.1) is 11.3 Å². The Labute approximate surface area is 115 Å². The molecule has 3 nitrogen and oxygen atoms in total. The second kappa shape index (κ2) is 5.93. The molecule has 0 saturated heterocycles. The second-order valence-electron chi connectivity index (χ2n) is 4.25. The molecule has 0 fully saturated rings. The topological polar surface area (TPSA) is 42.0 Å². The van der Waals surface area contributed by atoms with Crippen molar-refractivity contribution in [2.45, 2.75) is 20.3 Å². The number of carbonyl (C=O) groups excluding carboxylic acids is 1. The van der Waals surface area contributed by atoms with Gasteiger partial charge in [0.05, 0.1) is 10.7 Å². The van der Waals surface area contributed by atoms with E-state index in [0.717, 1.165) is 17.1 Å². The highest BCUT2D eigenvalue weighted by atomic mass is 32.1. The monoisotopic (exact) mass is 278 g/mol. The molecule has 0 aliphatic heterocycles. The number of halogens is 1. The Morgan fingerprint density at radius 3 is 2.58 bits per heavy atom. The van der Waals surface area contributed by atoms with Crippen molar-refractivity contribution in [3.05, 3.63) is 51.2 Å². The molecule has 0 radical (unpaired) electrons. The summed E-state index contributed by atoms with van der Waals surface area (Å²) in [6.07, 6.45) is 0.768. The van der Waals surface area contributed by atoms with E-state index in [1.54, 1.807) is 11.3 Å². The van der Waals surface area contributed by atoms with Gasteiger partial charge >= 0.3 is 0 Å². The van der Waals surface area contributed by atoms with Crippen LogP contribution in [0.5, 0.6) is 0 Å². The quantitative estimate of drug-likeness (QED) is 0.934. The first-order valence-corrected chi connectivity index (χ1v) is 6.84. The zero-order valence-electron chi connectivity index (χ0n) is 10.9. The summed E-state index contributed by atoms with van der Waals surface area (Å²) in [6.45, 7) is 4.50. The summed E-state index contributed by atoms with van der Waals surface area (Å²) in [4.78, 5) is 17.3. The number of rotatable bonds is 4. The van der Waals surface area contributed by atoms with Crippen molar-refractivity contribution in [1.29, 1.82) is 0 Å². The Hall–Kier alpha value is -1.75. The van der Waals surface area contributed by atoms with Crippen LogP contribution >= 0.6 is 11.3 Å². The van der Waals surface area contributed by atoms with Gasteiger partial charge < -0.3 is 5.32 Å². The minimum Gasteiger partial charge on any atom is -0.352 e. The van der Waals surface area contributed by atoms with Crippen LogP contribution in [-0.2, 0) is 6.42 Å². The SMILES string of the molecule is Cc1nc(C)c(CCNC(=O)c2ccc(F)cc2)s1. The van der Waals surface area contributed by atoms with Gasteiger partial charge in [-0.1, -0.05) is 0 Å². The van der Waals surface area contributed by atoms with Gasteiger partial charge in [0, 0.05) is 23.4 Å². The van der Waals surface area contributed by atoms with E-state index >= 15 is 0 Å². The first-order valence-electron chi connectivity index (χ1n) is 6.03. The van der Waals surface area contributed by atoms with E-state index < -0.39 is 0 Å². The summed E-state index contributed by atoms with van der Waals surface area (Å²) in [5, 5.41) is 3.86. The largest absolute Gasteiger partial charge is 0.352 e. The van der Waals surface area contributed by atoms with E-state index in [2.05, 4.69) is 10.3 Å². The van der Waals surface area contributed by atoms with Crippen LogP contribution in [0.15, 0.2) is 24.3 Å². The van der Waals surface area contributed by atoms with E-state index in [9.17, 15) is 9.18 Å². The number of aryl methyl sites for hydroxylation is 2. The zero-order chi connectivity index (χ0) is 13.8. The molecule has 19 heavy (non-hydrogen) atoms. The normalized spacial score (nSPS) is 10.5. The number of nitrogens with one attached hydrogen (secondary N) is 1. The third-order valence-electron chi connectivity index (χ3n) is 2.74. The standard InChI is InChI=1S/C14H15FN2OS/c1-9-13(19-10(2)17-9)7-8-16-14(18)11-3-5-12(15)6-4-11/h3-6H,7-8H2,1-2H3,(H,16,18). The molecule has 1 aromatic heterocycles. The fourth-order valence-electron chi connectivity index (χ4n) is 1.80. The fourth-order valence-corrected chi connectivity index (χ4v) is 2.73. The number of thiazole rings is 1. The van der Waals surface area contributed by atoms with Crippen molar-refractivity contribution >= 4 is 17.2 Å². The summed E-state index contributed by atoms with van der Waals surface area (Å²) in [5.74, 6) is -0.522. The van der Waals surface area contributed by atoms with Crippen molar-refractivity contribution in [3.63, 3.8) is 0 Å². The summed E-state index contributed by atoms with van der Waals surface area (Å²) in [5.41, 5.74) is 1.50. The second-order valence-corrected chi connectivity index (χ2v) is 5.54. The first kappa shape index (κ1) is 13.7. The molecule has 1 amide bonds. The van der Waals surface area contributed by atoms with Gasteiger partial charge in [0.25, 0.3) is 5.91 Å². The van der Waals surface area contributed by atoms with Gasteiger partial charge in [-0.3, -0.25) is 4.79 Å². The lowest BCUT2D eigenvalue weighted by atomic mass is 10.2. The molecule has 0 spiro atoms. The molecule has 2 rings (SSSR count). The third-order valence-corrected chi connectivity index (χ3v) is 3.88. The molecule has 0 atom stereocenters. The number of carbonyl (C=O) groups is 1. The van der Waals surface area contributed by atoms with E-state index in [0.29, 0.717) is 12.1 Å². The highest BCUT2D eigenvalue weighted by Gasteiger charge is 2.07. The van der Waals surface area contributed by atoms with Crippen molar-refractivity contribution in [2.24, 2.45) is 0 Å². The van der Waals surface area contributed by atoms with Crippen LogP contribution in [0.25, 0.3) is 0 Å². The molecule has 0 unspecified atom stereocenters. The Morgan fingerprint density at radius 1 is 1.32 bits per heavy atom. The predicted molar refractivity (Wildman–Crippen MR) is 74.0 cm³/mol. The van der Waals surface area contributed by atoms with Gasteiger partial charge in [0.2, 0.25) is 0 Å². The summed E-state index contributed by atoms with van der Waals surface area (Å²) < 4.78 is 12.7. The van der Waals surface area contributed by atoms with E-state index in [1.165, 1.54) is 29.1 Å². The predicted octanol–water partition coefficient (Wildman–Crippen LogP) is 2.87. The van der Waals surface area contributed by atoms with Gasteiger partial charge in [-0.05, 0) is 38.1 Å². The van der Waals surface area contributed by atoms with Crippen molar-refractivity contribution < 1.29 is 9.18 Å². The lowest BCUT2D eigenvalue weighted by Crippen LogP contribution is -2.25. The molecule has 0 saturated carbocycles. The van der Waals surface area contributed by atoms with Crippen molar-refractivity contribution in [1.82, 2.24) is 10.3 Å². The number of hydrogen-bond acceptors (Lipinski definition) is 3. The molecule has 0 aliphatic carbocycles. The maximum Gasteiger partial charge on any atom is 0.251 e. The molecule has 1 heterocycles. The van der Waals surface area contributed by atoms with Crippen LogP contribution < -0.4 is 5.32 Å². The fraction of sp³-hybridized carbons (Fsp3) is 0.286. The highest BCUT2D eigenvalue weighted by Crippen LogP contribution is 2.17. The molecule has 1 N–H and O–H groups in total. The van der Waals surface area contributed by atoms with Crippen LogP contribution in [0.3, 0.4) is 0 Å². The molecule has 0 bridgehead atoms. The number of hydrogen-bond donors (Lipinski definition) is 1. The first-order chi connectivity index (χ1) is 9.06. The number of nitrogens with zero attached hydrogens (tertiary/aromatic N) is 1. The summed E-state index contributed by atoms with van der Waals surface area (Å²) >= 11 is 1.65. The summed E-state index contributed by atoms with van der Waals surface area (Å²) in [6, 6.07) is 5.52. The minimum absolute atomic E-state index is 0.182. The van der Waals surface area contributed by atoms with Crippen LogP contribution in [0, 0.1) is 19.7 Å². The molecule has 5 heteroatoms. The van der Waals surface area contributed by atoms with Gasteiger partial charge in [0.1, 0.15) is 5.82 Å². The van der Waals surface area contributed by atoms with E-state index in [1.807, 2.05) is 13.8 Å². The molecule has 2 aromatic rings. The van der Waals surface area contributed by atoms with Crippen LogP contribution in [0.2, 0.25) is 0 Å². The Bertz CT molecular complexity index is 578. The third kappa shape index (κ3) is 3.61. The van der Waals surface area contributed by atoms with Crippen LogP contribution in [-0.4, -0.2) is 17.4 Å². The Morgan fingerprint density at radius 2 is 2.00 bits per heavy atom. The van der Waals surface area contributed by atoms with Crippen molar-refractivity contribution in [2.75, 3.05) is 6.54 Å².